The van der Waals surface area contributed by atoms with Gasteiger partial charge in [0, 0.05) is 25.4 Å². The van der Waals surface area contributed by atoms with Crippen molar-refractivity contribution in [1.29, 1.82) is 0 Å². The molecule has 0 unspecified atom stereocenters. The van der Waals surface area contributed by atoms with Crippen molar-refractivity contribution in [1.82, 2.24) is 10.3 Å². The fraction of sp³-hybridized carbons (Fsp3) is 0.400. The van der Waals surface area contributed by atoms with E-state index < -0.39 is 0 Å². The number of rotatable bonds is 6. The lowest BCUT2D eigenvalue weighted by Crippen LogP contribution is -2.17. The first-order valence-corrected chi connectivity index (χ1v) is 7.06. The Morgan fingerprint density at radius 1 is 1.53 bits per heavy atom. The number of amides is 1. The summed E-state index contributed by atoms with van der Waals surface area (Å²) in [5.41, 5.74) is 0. The number of carbonyl (C=O) groups excluding carboxylic acids is 1. The SMILES string of the molecule is CNC(=O)CCCSSc1ccccn1. The van der Waals surface area contributed by atoms with Crippen LogP contribution in [0.1, 0.15) is 12.8 Å². The lowest BCUT2D eigenvalue weighted by Gasteiger charge is -2.00. The zero-order valence-electron chi connectivity index (χ0n) is 8.60. The Morgan fingerprint density at radius 3 is 3.07 bits per heavy atom. The summed E-state index contributed by atoms with van der Waals surface area (Å²) in [5, 5.41) is 3.62. The molecule has 0 bridgehead atoms. The topological polar surface area (TPSA) is 42.0 Å². The first-order valence-electron chi connectivity index (χ1n) is 4.74. The van der Waals surface area contributed by atoms with Crippen LogP contribution in [0.2, 0.25) is 0 Å². The van der Waals surface area contributed by atoms with Crippen molar-refractivity contribution < 1.29 is 4.79 Å². The van der Waals surface area contributed by atoms with Gasteiger partial charge in [-0.3, -0.25) is 4.79 Å². The van der Waals surface area contributed by atoms with Crippen LogP contribution in [0, 0.1) is 0 Å². The van der Waals surface area contributed by atoms with Crippen molar-refractivity contribution in [2.75, 3.05) is 12.8 Å². The Hall–Kier alpha value is -0.680. The van der Waals surface area contributed by atoms with Crippen LogP contribution in [0.25, 0.3) is 0 Å². The highest BCUT2D eigenvalue weighted by Gasteiger charge is 1.98. The van der Waals surface area contributed by atoms with Crippen LogP contribution in [-0.2, 0) is 4.79 Å². The molecule has 82 valence electrons. The highest BCUT2D eigenvalue weighted by atomic mass is 33.1. The molecule has 1 N–H and O–H groups in total. The minimum Gasteiger partial charge on any atom is -0.359 e. The largest absolute Gasteiger partial charge is 0.359 e. The minimum absolute atomic E-state index is 0.110. The average Bonchev–Trinajstić information content (AvgIpc) is 2.29. The van der Waals surface area contributed by atoms with Crippen LogP contribution >= 0.6 is 21.6 Å². The van der Waals surface area contributed by atoms with Gasteiger partial charge in [0.25, 0.3) is 0 Å². The number of hydrogen-bond donors (Lipinski definition) is 1. The zero-order valence-corrected chi connectivity index (χ0v) is 10.2. The number of nitrogens with zero attached hydrogens (tertiary/aromatic N) is 1. The van der Waals surface area contributed by atoms with Gasteiger partial charge in [-0.2, -0.15) is 0 Å². The molecule has 1 rings (SSSR count). The number of aromatic nitrogens is 1. The molecule has 5 heteroatoms. The van der Waals surface area contributed by atoms with E-state index in [0.29, 0.717) is 6.42 Å². The molecule has 0 aromatic carbocycles. The summed E-state index contributed by atoms with van der Waals surface area (Å²) in [6.07, 6.45) is 3.30. The van der Waals surface area contributed by atoms with Gasteiger partial charge in [0.2, 0.25) is 5.91 Å². The molecule has 15 heavy (non-hydrogen) atoms. The molecule has 1 aromatic rings. The Labute approximate surface area is 97.8 Å². The maximum Gasteiger partial charge on any atom is 0.219 e. The summed E-state index contributed by atoms with van der Waals surface area (Å²) in [4.78, 5) is 15.1. The summed E-state index contributed by atoms with van der Waals surface area (Å²) >= 11 is 0. The molecule has 0 spiro atoms. The Kier molecular flexibility index (Phi) is 6.27. The Bertz CT molecular complexity index is 293. The molecule has 0 saturated heterocycles. The first-order chi connectivity index (χ1) is 7.33. The molecule has 0 radical (unpaired) electrons. The van der Waals surface area contributed by atoms with Crippen molar-refractivity contribution in [3.8, 4) is 0 Å². The van der Waals surface area contributed by atoms with Crippen LogP contribution in [0.5, 0.6) is 0 Å². The van der Waals surface area contributed by atoms with Crippen molar-refractivity contribution in [2.45, 2.75) is 17.9 Å². The molecule has 0 fully saturated rings. The minimum atomic E-state index is 0.110. The van der Waals surface area contributed by atoms with E-state index in [0.717, 1.165) is 17.2 Å². The van der Waals surface area contributed by atoms with Gasteiger partial charge < -0.3 is 5.32 Å². The van der Waals surface area contributed by atoms with Gasteiger partial charge in [-0.15, -0.1) is 0 Å². The standard InChI is InChI=1S/C10H14N2OS2/c1-11-9(13)5-4-8-14-15-10-6-2-3-7-12-10/h2-3,6-7H,4-5,8H2,1H3,(H,11,13). The van der Waals surface area contributed by atoms with E-state index in [1.54, 1.807) is 34.8 Å². The predicted molar refractivity (Wildman–Crippen MR) is 65.9 cm³/mol. The molecule has 3 nitrogen and oxygen atoms in total. The monoisotopic (exact) mass is 242 g/mol. The van der Waals surface area contributed by atoms with E-state index >= 15 is 0 Å². The summed E-state index contributed by atoms with van der Waals surface area (Å²) in [6, 6.07) is 5.86. The third kappa shape index (κ3) is 5.69. The maximum atomic E-state index is 10.9. The smallest absolute Gasteiger partial charge is 0.219 e. The number of pyridine rings is 1. The summed E-state index contributed by atoms with van der Waals surface area (Å²) < 4.78 is 0. The van der Waals surface area contributed by atoms with E-state index in [4.69, 9.17) is 0 Å². The zero-order chi connectivity index (χ0) is 10.9. The molecule has 1 heterocycles. The average molecular weight is 242 g/mol. The second-order valence-corrected chi connectivity index (χ2v) is 5.29. The van der Waals surface area contributed by atoms with Crippen molar-refractivity contribution in [3.63, 3.8) is 0 Å². The van der Waals surface area contributed by atoms with Crippen molar-refractivity contribution >= 4 is 27.5 Å². The van der Waals surface area contributed by atoms with E-state index in [2.05, 4.69) is 10.3 Å². The van der Waals surface area contributed by atoms with Gasteiger partial charge >= 0.3 is 0 Å². The van der Waals surface area contributed by atoms with E-state index in [1.165, 1.54) is 0 Å². The quantitative estimate of drug-likeness (QED) is 0.614. The number of hydrogen-bond acceptors (Lipinski definition) is 4. The van der Waals surface area contributed by atoms with Crippen LogP contribution in [0.3, 0.4) is 0 Å². The first kappa shape index (κ1) is 12.4. The normalized spacial score (nSPS) is 9.93. The van der Waals surface area contributed by atoms with E-state index in [1.807, 2.05) is 18.2 Å². The second-order valence-electron chi connectivity index (χ2n) is 2.85. The van der Waals surface area contributed by atoms with Gasteiger partial charge in [-0.25, -0.2) is 4.98 Å². The second kappa shape index (κ2) is 7.59. The molecule has 0 aliphatic heterocycles. The predicted octanol–water partition coefficient (Wildman–Crippen LogP) is 2.35. The third-order valence-electron chi connectivity index (χ3n) is 1.69. The highest BCUT2D eigenvalue weighted by molar-refractivity contribution is 8.76. The summed E-state index contributed by atoms with van der Waals surface area (Å²) in [5.74, 6) is 1.08. The van der Waals surface area contributed by atoms with Crippen LogP contribution in [-0.4, -0.2) is 23.7 Å². The highest BCUT2D eigenvalue weighted by Crippen LogP contribution is 2.29. The molecule has 0 saturated carbocycles. The molecule has 0 aliphatic carbocycles. The Morgan fingerprint density at radius 2 is 2.40 bits per heavy atom. The Balaban J connectivity index is 2.05. The summed E-state index contributed by atoms with van der Waals surface area (Å²) in [6.45, 7) is 0. The van der Waals surface area contributed by atoms with Gasteiger partial charge in [0.1, 0.15) is 5.03 Å². The number of nitrogens with one attached hydrogen (secondary N) is 1. The van der Waals surface area contributed by atoms with Crippen molar-refractivity contribution in [3.05, 3.63) is 24.4 Å². The molecule has 0 aliphatic rings. The van der Waals surface area contributed by atoms with Gasteiger partial charge in [-0.1, -0.05) is 16.9 Å². The fourth-order valence-electron chi connectivity index (χ4n) is 0.915. The van der Waals surface area contributed by atoms with E-state index in [9.17, 15) is 4.79 Å². The van der Waals surface area contributed by atoms with Crippen molar-refractivity contribution in [2.24, 2.45) is 0 Å². The van der Waals surface area contributed by atoms with Crippen LogP contribution in [0.4, 0.5) is 0 Å². The van der Waals surface area contributed by atoms with Gasteiger partial charge in [0.15, 0.2) is 0 Å². The third-order valence-corrected chi connectivity index (χ3v) is 4.04. The number of carbonyl (C=O) groups is 1. The lowest BCUT2D eigenvalue weighted by molar-refractivity contribution is -0.120. The molecular formula is C10H14N2OS2. The molecule has 1 amide bonds. The van der Waals surface area contributed by atoms with E-state index in [-0.39, 0.29) is 5.91 Å². The van der Waals surface area contributed by atoms with Gasteiger partial charge in [0.05, 0.1) is 0 Å². The lowest BCUT2D eigenvalue weighted by atomic mass is 10.3. The van der Waals surface area contributed by atoms with Crippen LogP contribution in [0.15, 0.2) is 29.4 Å². The molecular weight excluding hydrogens is 228 g/mol. The fourth-order valence-corrected chi connectivity index (χ4v) is 2.88. The maximum absolute atomic E-state index is 10.9. The summed E-state index contributed by atoms with van der Waals surface area (Å²) in [7, 11) is 5.05. The molecule has 1 aromatic heterocycles. The van der Waals surface area contributed by atoms with Crippen LogP contribution < -0.4 is 5.32 Å². The molecule has 0 atom stereocenters. The van der Waals surface area contributed by atoms with Gasteiger partial charge in [-0.05, 0) is 29.3 Å².